The van der Waals surface area contributed by atoms with Crippen molar-refractivity contribution in [1.29, 1.82) is 0 Å². The Morgan fingerprint density at radius 2 is 1.68 bits per heavy atom. The molecule has 1 aliphatic rings. The van der Waals surface area contributed by atoms with Crippen LogP contribution in [-0.4, -0.2) is 71.6 Å². The molecule has 0 unspecified atom stereocenters. The van der Waals surface area contributed by atoms with Crippen LogP contribution in [-0.2, 0) is 11.3 Å². The van der Waals surface area contributed by atoms with Crippen LogP contribution in [0.1, 0.15) is 22.3 Å². The average Bonchev–Trinajstić information content (AvgIpc) is 3.29. The summed E-state index contributed by atoms with van der Waals surface area (Å²) in [6.07, 6.45) is 0.760. The van der Waals surface area contributed by atoms with Gasteiger partial charge in [0.2, 0.25) is 5.91 Å². The van der Waals surface area contributed by atoms with Gasteiger partial charge in [0, 0.05) is 43.9 Å². The van der Waals surface area contributed by atoms with Gasteiger partial charge in [0.1, 0.15) is 18.1 Å². The molecule has 0 aliphatic carbocycles. The normalized spacial score (nSPS) is 13.4. The maximum Gasteiger partial charge on any atom is 0.254 e. The Labute approximate surface area is 239 Å². The lowest BCUT2D eigenvalue weighted by Gasteiger charge is -2.27. The number of nitrogens with zero attached hydrogens (tertiary/aromatic N) is 5. The van der Waals surface area contributed by atoms with Gasteiger partial charge in [-0.15, -0.1) is 10.2 Å². The zero-order chi connectivity index (χ0) is 28.6. The summed E-state index contributed by atoms with van der Waals surface area (Å²) in [7, 11) is 1.63. The van der Waals surface area contributed by atoms with Gasteiger partial charge in [-0.2, -0.15) is 0 Å². The maximum absolute atomic E-state index is 13.5. The van der Waals surface area contributed by atoms with E-state index in [1.54, 1.807) is 48.4 Å². The highest BCUT2D eigenvalue weighted by Crippen LogP contribution is 2.23. The molecule has 1 fully saturated rings. The molecule has 0 radical (unpaired) electrons. The molecule has 0 bridgehead atoms. The second-order valence-corrected chi connectivity index (χ2v) is 9.88. The van der Waals surface area contributed by atoms with E-state index in [1.165, 1.54) is 17.0 Å². The monoisotopic (exact) mass is 553 g/mol. The number of benzene rings is 3. The number of amides is 2. The predicted octanol–water partition coefficient (Wildman–Crippen LogP) is 4.67. The quantitative estimate of drug-likeness (QED) is 0.316. The van der Waals surface area contributed by atoms with E-state index in [9.17, 15) is 14.0 Å². The lowest BCUT2D eigenvalue weighted by Crippen LogP contribution is -2.44. The number of anilines is 1. The number of aromatic nitrogens is 2. The van der Waals surface area contributed by atoms with E-state index in [1.807, 2.05) is 42.5 Å². The van der Waals surface area contributed by atoms with E-state index in [4.69, 9.17) is 4.74 Å². The van der Waals surface area contributed by atoms with Crippen LogP contribution in [0.4, 0.5) is 10.2 Å². The first-order valence-corrected chi connectivity index (χ1v) is 13.6. The van der Waals surface area contributed by atoms with Crippen molar-refractivity contribution in [3.8, 4) is 17.0 Å². The second kappa shape index (κ2) is 13.0. The Morgan fingerprint density at radius 1 is 0.878 bits per heavy atom. The van der Waals surface area contributed by atoms with Gasteiger partial charge in [0.25, 0.3) is 5.91 Å². The van der Waals surface area contributed by atoms with Crippen LogP contribution in [0.2, 0.25) is 0 Å². The summed E-state index contributed by atoms with van der Waals surface area (Å²) in [6.45, 7) is 2.55. The Morgan fingerprint density at radius 3 is 2.41 bits per heavy atom. The Kier molecular flexibility index (Phi) is 8.83. The summed E-state index contributed by atoms with van der Waals surface area (Å²) >= 11 is 0. The highest BCUT2D eigenvalue weighted by molar-refractivity contribution is 5.96. The van der Waals surface area contributed by atoms with Crippen LogP contribution < -0.4 is 9.64 Å². The molecule has 1 saturated heterocycles. The van der Waals surface area contributed by atoms with Crippen LogP contribution in [0.3, 0.4) is 0 Å². The molecule has 2 amide bonds. The fourth-order valence-corrected chi connectivity index (χ4v) is 4.86. The van der Waals surface area contributed by atoms with E-state index in [-0.39, 0.29) is 30.7 Å². The van der Waals surface area contributed by atoms with Crippen molar-refractivity contribution in [2.75, 3.05) is 44.7 Å². The van der Waals surface area contributed by atoms with E-state index in [0.29, 0.717) is 25.2 Å². The Hall–Kier alpha value is -4.79. The first-order valence-electron chi connectivity index (χ1n) is 13.6. The number of rotatable bonds is 8. The number of hydrogen-bond acceptors (Lipinski definition) is 6. The van der Waals surface area contributed by atoms with Gasteiger partial charge in [-0.1, -0.05) is 42.5 Å². The summed E-state index contributed by atoms with van der Waals surface area (Å²) in [4.78, 5) is 32.3. The van der Waals surface area contributed by atoms with E-state index in [0.717, 1.165) is 41.4 Å². The maximum atomic E-state index is 13.5. The molecule has 0 N–H and O–H groups in total. The summed E-state index contributed by atoms with van der Waals surface area (Å²) in [6, 6.07) is 26.4. The van der Waals surface area contributed by atoms with Crippen LogP contribution in [0, 0.1) is 5.82 Å². The molecule has 1 aliphatic heterocycles. The number of methoxy groups -OCH3 is 1. The standard InChI is InChI=1S/C32H32FN5O3/c1-41-28-10-5-9-26(21-28)29-15-16-30(35-34-29)36-17-6-18-37(20-19-36)31(39)23-38(22-24-11-13-27(33)14-12-24)32(40)25-7-3-2-4-8-25/h2-5,7-16,21H,6,17-20,22-23H2,1H3. The first-order chi connectivity index (χ1) is 20.0. The number of ether oxygens (including phenoxy) is 1. The molecule has 8 nitrogen and oxygen atoms in total. The van der Waals surface area contributed by atoms with E-state index >= 15 is 0 Å². The van der Waals surface area contributed by atoms with Gasteiger partial charge in [0.05, 0.1) is 12.8 Å². The van der Waals surface area contributed by atoms with Crippen molar-refractivity contribution in [2.45, 2.75) is 13.0 Å². The summed E-state index contributed by atoms with van der Waals surface area (Å²) in [5.41, 5.74) is 2.93. The Balaban J connectivity index is 1.24. The molecule has 3 aromatic carbocycles. The molecule has 0 spiro atoms. The number of hydrogen-bond donors (Lipinski definition) is 0. The largest absolute Gasteiger partial charge is 0.497 e. The van der Waals surface area contributed by atoms with E-state index < -0.39 is 0 Å². The van der Waals surface area contributed by atoms with Gasteiger partial charge in [-0.05, 0) is 60.5 Å². The highest BCUT2D eigenvalue weighted by atomic mass is 19.1. The third kappa shape index (κ3) is 7.05. The molecular weight excluding hydrogens is 521 g/mol. The molecule has 41 heavy (non-hydrogen) atoms. The van der Waals surface area contributed by atoms with Gasteiger partial charge in [-0.3, -0.25) is 9.59 Å². The number of halogens is 1. The second-order valence-electron chi connectivity index (χ2n) is 9.88. The zero-order valence-electron chi connectivity index (χ0n) is 22.9. The van der Waals surface area contributed by atoms with Crippen LogP contribution in [0.5, 0.6) is 5.75 Å². The van der Waals surface area contributed by atoms with Crippen molar-refractivity contribution in [3.05, 3.63) is 108 Å². The summed E-state index contributed by atoms with van der Waals surface area (Å²) in [5.74, 6) is 0.791. The minimum atomic E-state index is -0.348. The first kappa shape index (κ1) is 27.8. The molecule has 4 aromatic rings. The Bertz CT molecular complexity index is 1470. The van der Waals surface area contributed by atoms with Crippen molar-refractivity contribution >= 4 is 17.6 Å². The molecular formula is C32H32FN5O3. The third-order valence-corrected chi connectivity index (χ3v) is 7.11. The van der Waals surface area contributed by atoms with Gasteiger partial charge in [-0.25, -0.2) is 4.39 Å². The van der Waals surface area contributed by atoms with Crippen molar-refractivity contribution in [3.63, 3.8) is 0 Å². The minimum absolute atomic E-state index is 0.0693. The van der Waals surface area contributed by atoms with Crippen molar-refractivity contribution in [2.24, 2.45) is 0 Å². The minimum Gasteiger partial charge on any atom is -0.497 e. The smallest absolute Gasteiger partial charge is 0.254 e. The molecule has 1 aromatic heterocycles. The number of carbonyl (C=O) groups is 2. The van der Waals surface area contributed by atoms with Gasteiger partial charge in [0.15, 0.2) is 5.82 Å². The molecule has 2 heterocycles. The van der Waals surface area contributed by atoms with Crippen molar-refractivity contribution in [1.82, 2.24) is 20.0 Å². The van der Waals surface area contributed by atoms with Crippen LogP contribution in [0.15, 0.2) is 91.0 Å². The molecule has 9 heteroatoms. The molecule has 0 saturated carbocycles. The van der Waals surface area contributed by atoms with Crippen LogP contribution in [0.25, 0.3) is 11.3 Å². The van der Waals surface area contributed by atoms with Gasteiger partial charge >= 0.3 is 0 Å². The van der Waals surface area contributed by atoms with E-state index in [2.05, 4.69) is 15.1 Å². The topological polar surface area (TPSA) is 78.9 Å². The number of carbonyl (C=O) groups excluding carboxylic acids is 2. The van der Waals surface area contributed by atoms with Crippen molar-refractivity contribution < 1.29 is 18.7 Å². The fraction of sp³-hybridized carbons (Fsp3) is 0.250. The predicted molar refractivity (Wildman–Crippen MR) is 155 cm³/mol. The third-order valence-electron chi connectivity index (χ3n) is 7.11. The van der Waals surface area contributed by atoms with Gasteiger partial charge < -0.3 is 19.4 Å². The molecule has 5 rings (SSSR count). The lowest BCUT2D eigenvalue weighted by molar-refractivity contribution is -0.131. The summed E-state index contributed by atoms with van der Waals surface area (Å²) < 4.78 is 18.8. The van der Waals surface area contributed by atoms with Crippen LogP contribution >= 0.6 is 0 Å². The zero-order valence-corrected chi connectivity index (χ0v) is 22.9. The molecule has 210 valence electrons. The SMILES string of the molecule is COc1cccc(-c2ccc(N3CCCN(C(=O)CN(Cc4ccc(F)cc4)C(=O)c4ccccc4)CC3)nn2)c1. The molecule has 0 atom stereocenters. The average molecular weight is 554 g/mol. The highest BCUT2D eigenvalue weighted by Gasteiger charge is 2.25. The fourth-order valence-electron chi connectivity index (χ4n) is 4.86. The summed E-state index contributed by atoms with van der Waals surface area (Å²) in [5, 5.41) is 8.88. The lowest BCUT2D eigenvalue weighted by atomic mass is 10.1.